The molecular weight excluding hydrogens is 231 g/mol. The zero-order valence-electron chi connectivity index (χ0n) is 9.21. The maximum absolute atomic E-state index is 13.4. The summed E-state index contributed by atoms with van der Waals surface area (Å²) in [6.07, 6.45) is -0.821. The van der Waals surface area contributed by atoms with Crippen LogP contribution >= 0.6 is 11.6 Å². The third-order valence-electron chi connectivity index (χ3n) is 2.07. The summed E-state index contributed by atoms with van der Waals surface area (Å²) in [7, 11) is 0. The predicted octanol–water partition coefficient (Wildman–Crippen LogP) is 3.40. The molecule has 16 heavy (non-hydrogen) atoms. The molecule has 0 bridgehead atoms. The topological polar surface area (TPSA) is 29.5 Å². The van der Waals surface area contributed by atoms with Crippen molar-refractivity contribution in [2.45, 2.75) is 20.0 Å². The van der Waals surface area contributed by atoms with E-state index in [1.54, 1.807) is 6.07 Å². The molecule has 0 aromatic heterocycles. The first-order valence-electron chi connectivity index (χ1n) is 4.90. The van der Waals surface area contributed by atoms with Crippen LogP contribution in [0, 0.1) is 5.82 Å². The van der Waals surface area contributed by atoms with Gasteiger partial charge in [0.15, 0.2) is 0 Å². The molecule has 0 aliphatic carbocycles. The fraction of sp³-hybridized carbons (Fsp3) is 0.333. The van der Waals surface area contributed by atoms with Crippen molar-refractivity contribution in [3.05, 3.63) is 40.7 Å². The van der Waals surface area contributed by atoms with Gasteiger partial charge in [-0.2, -0.15) is 0 Å². The maximum atomic E-state index is 13.4. The van der Waals surface area contributed by atoms with Crippen LogP contribution in [-0.4, -0.2) is 11.7 Å². The Bertz CT molecular complexity index is 389. The molecule has 1 N–H and O–H groups in total. The molecule has 0 unspecified atom stereocenters. The molecule has 1 aromatic rings. The quantitative estimate of drug-likeness (QED) is 0.880. The molecule has 0 aliphatic rings. The zero-order valence-corrected chi connectivity index (χ0v) is 9.96. The first-order chi connectivity index (χ1) is 7.54. The fourth-order valence-electron chi connectivity index (χ4n) is 1.17. The van der Waals surface area contributed by atoms with Crippen LogP contribution in [0.15, 0.2) is 29.3 Å². The van der Waals surface area contributed by atoms with Crippen molar-refractivity contribution in [3.8, 4) is 5.75 Å². The molecule has 0 saturated carbocycles. The lowest BCUT2D eigenvalue weighted by atomic mass is 10.1. The molecule has 0 fully saturated rings. The largest absolute Gasteiger partial charge is 0.489 e. The summed E-state index contributed by atoms with van der Waals surface area (Å²) in [6, 6.07) is 4.38. The highest BCUT2D eigenvalue weighted by atomic mass is 35.5. The lowest BCUT2D eigenvalue weighted by molar-refractivity contribution is 0.194. The monoisotopic (exact) mass is 244 g/mol. The summed E-state index contributed by atoms with van der Waals surface area (Å²) < 4.78 is 18.7. The molecule has 0 amide bonds. The summed E-state index contributed by atoms with van der Waals surface area (Å²) >= 11 is 5.47. The van der Waals surface area contributed by atoms with E-state index in [2.05, 4.69) is 0 Å². The van der Waals surface area contributed by atoms with Crippen LogP contribution in [0.25, 0.3) is 0 Å². The number of hydrogen-bond acceptors (Lipinski definition) is 2. The van der Waals surface area contributed by atoms with E-state index in [9.17, 15) is 9.50 Å². The number of ether oxygens (including phenoxy) is 1. The Balaban J connectivity index is 2.74. The molecule has 1 aromatic carbocycles. The van der Waals surface area contributed by atoms with Gasteiger partial charge >= 0.3 is 0 Å². The predicted molar refractivity (Wildman–Crippen MR) is 62.1 cm³/mol. The lowest BCUT2D eigenvalue weighted by Gasteiger charge is -2.09. The summed E-state index contributed by atoms with van der Waals surface area (Å²) in [5.74, 6) is -0.0558. The minimum Gasteiger partial charge on any atom is -0.489 e. The number of rotatable bonds is 4. The molecule has 0 spiro atoms. The van der Waals surface area contributed by atoms with Gasteiger partial charge in [0.1, 0.15) is 18.2 Å². The molecule has 88 valence electrons. The summed E-state index contributed by atoms with van der Waals surface area (Å²) in [5, 5.41) is 9.24. The molecule has 1 atom stereocenters. The van der Waals surface area contributed by atoms with Crippen molar-refractivity contribution < 1.29 is 14.2 Å². The van der Waals surface area contributed by atoms with Crippen LogP contribution in [0.5, 0.6) is 5.75 Å². The number of benzene rings is 1. The van der Waals surface area contributed by atoms with Crippen LogP contribution in [-0.2, 0) is 0 Å². The Kier molecular flexibility index (Phi) is 4.77. The minimum atomic E-state index is -0.821. The van der Waals surface area contributed by atoms with E-state index in [-0.39, 0.29) is 5.56 Å². The molecule has 0 radical (unpaired) electrons. The first kappa shape index (κ1) is 13.0. The smallest absolute Gasteiger partial charge is 0.132 e. The van der Waals surface area contributed by atoms with Crippen LogP contribution in [0.1, 0.15) is 25.5 Å². The van der Waals surface area contributed by atoms with E-state index >= 15 is 0 Å². The van der Waals surface area contributed by atoms with Crippen LogP contribution in [0.2, 0.25) is 0 Å². The van der Waals surface area contributed by atoms with Gasteiger partial charge in [0, 0.05) is 17.2 Å². The standard InChI is InChI=1S/C12H14ClFO2/c1-8(6-13)7-16-10-3-4-11(9(2)15)12(14)5-10/h3-6,9,15H,7H2,1-2H3/b8-6+/t9-/m0/s1. The van der Waals surface area contributed by atoms with Crippen molar-refractivity contribution in [2.24, 2.45) is 0 Å². The molecule has 4 heteroatoms. The average molecular weight is 245 g/mol. The Morgan fingerprint density at radius 2 is 2.31 bits per heavy atom. The van der Waals surface area contributed by atoms with Crippen molar-refractivity contribution in [1.82, 2.24) is 0 Å². The highest BCUT2D eigenvalue weighted by molar-refractivity contribution is 6.25. The van der Waals surface area contributed by atoms with Crippen molar-refractivity contribution >= 4 is 11.6 Å². The zero-order chi connectivity index (χ0) is 12.1. The number of aliphatic hydroxyl groups excluding tert-OH is 1. The summed E-state index contributed by atoms with van der Waals surface area (Å²) in [6.45, 7) is 3.64. The molecule has 0 aliphatic heterocycles. The first-order valence-corrected chi connectivity index (χ1v) is 5.34. The lowest BCUT2D eigenvalue weighted by Crippen LogP contribution is -2.00. The van der Waals surface area contributed by atoms with Crippen LogP contribution < -0.4 is 4.74 Å². The summed E-state index contributed by atoms with van der Waals surface area (Å²) in [4.78, 5) is 0. The minimum absolute atomic E-state index is 0.261. The van der Waals surface area contributed by atoms with E-state index in [1.165, 1.54) is 24.6 Å². The Labute approximate surface area is 99.3 Å². The van der Waals surface area contributed by atoms with Gasteiger partial charge in [0.25, 0.3) is 0 Å². The van der Waals surface area contributed by atoms with Gasteiger partial charge in [0.2, 0.25) is 0 Å². The highest BCUT2D eigenvalue weighted by Crippen LogP contribution is 2.21. The third-order valence-corrected chi connectivity index (χ3v) is 2.45. The van der Waals surface area contributed by atoms with Gasteiger partial charge in [0.05, 0.1) is 6.10 Å². The molecule has 0 heterocycles. The van der Waals surface area contributed by atoms with Gasteiger partial charge in [-0.3, -0.25) is 0 Å². The second-order valence-electron chi connectivity index (χ2n) is 3.60. The van der Waals surface area contributed by atoms with Crippen LogP contribution in [0.3, 0.4) is 0 Å². The Hall–Kier alpha value is -1.06. The summed E-state index contributed by atoms with van der Waals surface area (Å²) in [5.41, 5.74) is 2.53. The van der Waals surface area contributed by atoms with Gasteiger partial charge in [-0.05, 0) is 31.6 Å². The Morgan fingerprint density at radius 1 is 1.62 bits per heavy atom. The van der Waals surface area contributed by atoms with Gasteiger partial charge in [-0.25, -0.2) is 4.39 Å². The molecule has 1 rings (SSSR count). The molecule has 0 saturated heterocycles. The van der Waals surface area contributed by atoms with E-state index in [1.807, 2.05) is 6.92 Å². The van der Waals surface area contributed by atoms with E-state index in [0.29, 0.717) is 12.4 Å². The van der Waals surface area contributed by atoms with E-state index in [4.69, 9.17) is 16.3 Å². The molecular formula is C12H14ClFO2. The maximum Gasteiger partial charge on any atom is 0.132 e. The second kappa shape index (κ2) is 5.87. The van der Waals surface area contributed by atoms with E-state index in [0.717, 1.165) is 5.57 Å². The number of aliphatic hydroxyl groups is 1. The van der Waals surface area contributed by atoms with Gasteiger partial charge in [-0.1, -0.05) is 11.6 Å². The van der Waals surface area contributed by atoms with Crippen LogP contribution in [0.4, 0.5) is 4.39 Å². The second-order valence-corrected chi connectivity index (χ2v) is 3.82. The van der Waals surface area contributed by atoms with E-state index < -0.39 is 11.9 Å². The number of hydrogen-bond donors (Lipinski definition) is 1. The van der Waals surface area contributed by atoms with Gasteiger partial charge in [-0.15, -0.1) is 0 Å². The third kappa shape index (κ3) is 3.51. The Morgan fingerprint density at radius 3 is 2.81 bits per heavy atom. The normalized spacial score (nSPS) is 13.7. The van der Waals surface area contributed by atoms with Crippen molar-refractivity contribution in [1.29, 1.82) is 0 Å². The average Bonchev–Trinajstić information content (AvgIpc) is 2.25. The number of halogens is 2. The highest BCUT2D eigenvalue weighted by Gasteiger charge is 2.08. The fourth-order valence-corrected chi connectivity index (χ4v) is 1.23. The SMILES string of the molecule is C/C(=C\Cl)COc1ccc([C@H](C)O)c(F)c1. The van der Waals surface area contributed by atoms with Gasteiger partial charge < -0.3 is 9.84 Å². The van der Waals surface area contributed by atoms with Crippen molar-refractivity contribution in [2.75, 3.05) is 6.61 Å². The van der Waals surface area contributed by atoms with Crippen molar-refractivity contribution in [3.63, 3.8) is 0 Å². The molecule has 2 nitrogen and oxygen atoms in total.